The first kappa shape index (κ1) is 11.1. The Hall–Kier alpha value is 0.0300. The summed E-state index contributed by atoms with van der Waals surface area (Å²) in [4.78, 5) is 9.07. The summed E-state index contributed by atoms with van der Waals surface area (Å²) in [6.45, 7) is 3.35. The summed E-state index contributed by atoms with van der Waals surface area (Å²) in [6.07, 6.45) is -0.698. The number of hydrogen-bond donors (Lipinski definition) is 2. The fourth-order valence-electron chi connectivity index (χ4n) is 0.951. The van der Waals surface area contributed by atoms with Crippen molar-refractivity contribution in [3.63, 3.8) is 0 Å². The summed E-state index contributed by atoms with van der Waals surface area (Å²) in [5.74, 6) is 0. The van der Waals surface area contributed by atoms with Crippen LogP contribution in [0.5, 0.6) is 0 Å². The predicted octanol–water partition coefficient (Wildman–Crippen LogP) is 0.0858. The molecule has 0 aromatic rings. The second-order valence-corrected chi connectivity index (χ2v) is 3.90. The van der Waals surface area contributed by atoms with Gasteiger partial charge in [-0.25, -0.2) is 4.57 Å². The van der Waals surface area contributed by atoms with Crippen LogP contribution in [0, 0.1) is 0 Å². The van der Waals surface area contributed by atoms with Gasteiger partial charge < -0.3 is 14.9 Å². The molecule has 2 atom stereocenters. The van der Waals surface area contributed by atoms with E-state index in [1.54, 1.807) is 6.92 Å². The lowest BCUT2D eigenvalue weighted by molar-refractivity contribution is -0.108. The lowest BCUT2D eigenvalue weighted by Gasteiger charge is -2.24. The van der Waals surface area contributed by atoms with E-state index in [0.717, 1.165) is 6.54 Å². The molecule has 13 heavy (non-hydrogen) atoms. The van der Waals surface area contributed by atoms with E-state index in [9.17, 15) is 4.57 Å². The van der Waals surface area contributed by atoms with E-state index < -0.39 is 14.1 Å². The van der Waals surface area contributed by atoms with Crippen LogP contribution in [0.2, 0.25) is 0 Å². The van der Waals surface area contributed by atoms with Crippen LogP contribution in [0.4, 0.5) is 0 Å². The summed E-state index contributed by atoms with van der Waals surface area (Å²) in [5.41, 5.74) is 0. The fourth-order valence-corrected chi connectivity index (χ4v) is 1.77. The molecule has 0 aliphatic carbocycles. The molecule has 1 rings (SSSR count). The molecule has 0 aromatic carbocycles. The first-order valence-electron chi connectivity index (χ1n) is 4.12. The van der Waals surface area contributed by atoms with Crippen molar-refractivity contribution in [3.05, 3.63) is 0 Å². The Morgan fingerprint density at radius 2 is 2.54 bits per heavy atom. The zero-order chi connectivity index (χ0) is 9.73. The van der Waals surface area contributed by atoms with Crippen molar-refractivity contribution in [2.75, 3.05) is 26.3 Å². The quantitative estimate of drug-likeness (QED) is 0.641. The van der Waals surface area contributed by atoms with E-state index in [-0.39, 0.29) is 6.61 Å². The molecule has 0 aromatic heterocycles. The zero-order valence-corrected chi connectivity index (χ0v) is 8.33. The minimum Gasteiger partial charge on any atom is -0.349 e. The molecule has 6 nitrogen and oxygen atoms in total. The Labute approximate surface area is 76.8 Å². The molecule has 2 N–H and O–H groups in total. The van der Waals surface area contributed by atoms with Crippen LogP contribution in [0.1, 0.15) is 6.92 Å². The van der Waals surface area contributed by atoms with Gasteiger partial charge in [-0.05, 0) is 6.92 Å². The minimum atomic E-state index is -3.93. The van der Waals surface area contributed by atoms with Gasteiger partial charge in [0.05, 0.1) is 13.2 Å². The van der Waals surface area contributed by atoms with Crippen LogP contribution in [0.3, 0.4) is 0 Å². The van der Waals surface area contributed by atoms with Crippen molar-refractivity contribution in [1.82, 2.24) is 5.32 Å². The first-order valence-corrected chi connectivity index (χ1v) is 5.61. The number of morpholine rings is 1. The van der Waals surface area contributed by atoms with Crippen LogP contribution < -0.4 is 5.32 Å². The number of ether oxygens (including phenoxy) is 1. The van der Waals surface area contributed by atoms with Crippen molar-refractivity contribution in [2.45, 2.75) is 13.2 Å². The smallest absolute Gasteiger partial charge is 0.349 e. The maximum Gasteiger partial charge on any atom is 0.474 e. The van der Waals surface area contributed by atoms with Crippen molar-refractivity contribution in [1.29, 1.82) is 0 Å². The standard InChI is InChI=1S/C6H14NO5P/c1-2-11-13(8,9)12-6-5-7-3-4-10-6/h6-7H,2-5H2,1H3,(H,8,9). The lowest BCUT2D eigenvalue weighted by Crippen LogP contribution is -2.39. The van der Waals surface area contributed by atoms with Crippen LogP contribution in [0.15, 0.2) is 0 Å². The molecule has 0 saturated carbocycles. The normalized spacial score (nSPS) is 28.3. The highest BCUT2D eigenvalue weighted by Crippen LogP contribution is 2.44. The molecule has 0 radical (unpaired) electrons. The highest BCUT2D eigenvalue weighted by atomic mass is 31.2. The van der Waals surface area contributed by atoms with Gasteiger partial charge in [0.1, 0.15) is 0 Å². The molecule has 78 valence electrons. The molecule has 0 bridgehead atoms. The number of phosphoric ester groups is 1. The average Bonchev–Trinajstić information content (AvgIpc) is 2.04. The maximum absolute atomic E-state index is 11.1. The second kappa shape index (κ2) is 5.05. The largest absolute Gasteiger partial charge is 0.474 e. The average molecular weight is 211 g/mol. The highest BCUT2D eigenvalue weighted by molar-refractivity contribution is 7.47. The number of hydrogen-bond acceptors (Lipinski definition) is 5. The van der Waals surface area contributed by atoms with E-state index >= 15 is 0 Å². The third-order valence-electron chi connectivity index (χ3n) is 1.44. The Morgan fingerprint density at radius 1 is 1.77 bits per heavy atom. The monoisotopic (exact) mass is 211 g/mol. The molecule has 1 saturated heterocycles. The minimum absolute atomic E-state index is 0.133. The molecular formula is C6H14NO5P. The van der Waals surface area contributed by atoms with Gasteiger partial charge in [0.15, 0.2) is 6.29 Å². The lowest BCUT2D eigenvalue weighted by atomic mass is 10.5. The van der Waals surface area contributed by atoms with E-state index in [1.807, 2.05) is 0 Å². The fraction of sp³-hybridized carbons (Fsp3) is 1.00. The summed E-state index contributed by atoms with van der Waals surface area (Å²) in [7, 11) is -3.93. The SMILES string of the molecule is CCOP(=O)(O)OC1CNCCO1. The van der Waals surface area contributed by atoms with Gasteiger partial charge in [-0.1, -0.05) is 0 Å². The molecule has 1 aliphatic rings. The van der Waals surface area contributed by atoms with Gasteiger partial charge in [0, 0.05) is 13.1 Å². The van der Waals surface area contributed by atoms with Crippen LogP contribution in [-0.2, 0) is 18.3 Å². The molecule has 0 spiro atoms. The zero-order valence-electron chi connectivity index (χ0n) is 7.43. The molecule has 2 unspecified atom stereocenters. The third-order valence-corrected chi connectivity index (χ3v) is 2.52. The topological polar surface area (TPSA) is 77.0 Å². The second-order valence-electron chi connectivity index (χ2n) is 2.50. The maximum atomic E-state index is 11.1. The van der Waals surface area contributed by atoms with Crippen LogP contribution in [-0.4, -0.2) is 37.5 Å². The molecule has 1 fully saturated rings. The first-order chi connectivity index (χ1) is 6.14. The van der Waals surface area contributed by atoms with E-state index in [0.29, 0.717) is 13.2 Å². The highest BCUT2D eigenvalue weighted by Gasteiger charge is 2.27. The van der Waals surface area contributed by atoms with Gasteiger partial charge in [-0.3, -0.25) is 9.05 Å². The summed E-state index contributed by atoms with van der Waals surface area (Å²) in [5, 5.41) is 2.96. The molecule has 0 amide bonds. The number of phosphoric acid groups is 1. The summed E-state index contributed by atoms with van der Waals surface area (Å²) in [6, 6.07) is 0. The van der Waals surface area contributed by atoms with Crippen LogP contribution in [0.25, 0.3) is 0 Å². The third kappa shape index (κ3) is 4.17. The van der Waals surface area contributed by atoms with Crippen molar-refractivity contribution < 1.29 is 23.2 Å². The van der Waals surface area contributed by atoms with Crippen molar-refractivity contribution >= 4 is 7.82 Å². The number of rotatable bonds is 4. The Balaban J connectivity index is 2.32. The van der Waals surface area contributed by atoms with Crippen molar-refractivity contribution in [3.8, 4) is 0 Å². The van der Waals surface area contributed by atoms with Gasteiger partial charge in [0.2, 0.25) is 0 Å². The van der Waals surface area contributed by atoms with E-state index in [2.05, 4.69) is 9.84 Å². The molecular weight excluding hydrogens is 197 g/mol. The van der Waals surface area contributed by atoms with Gasteiger partial charge in [-0.15, -0.1) is 0 Å². The summed E-state index contributed by atoms with van der Waals surface area (Å²) >= 11 is 0. The van der Waals surface area contributed by atoms with E-state index in [4.69, 9.17) is 14.2 Å². The van der Waals surface area contributed by atoms with Gasteiger partial charge in [-0.2, -0.15) is 0 Å². The van der Waals surface area contributed by atoms with Gasteiger partial charge in [0.25, 0.3) is 0 Å². The van der Waals surface area contributed by atoms with Gasteiger partial charge >= 0.3 is 7.82 Å². The predicted molar refractivity (Wildman–Crippen MR) is 45.1 cm³/mol. The van der Waals surface area contributed by atoms with E-state index in [1.165, 1.54) is 0 Å². The summed E-state index contributed by atoms with van der Waals surface area (Å²) < 4.78 is 25.4. The Kier molecular flexibility index (Phi) is 4.31. The van der Waals surface area contributed by atoms with Crippen molar-refractivity contribution in [2.24, 2.45) is 0 Å². The Bertz CT molecular complexity index is 193. The Morgan fingerprint density at radius 3 is 3.08 bits per heavy atom. The number of nitrogens with one attached hydrogen (secondary N) is 1. The molecule has 1 heterocycles. The van der Waals surface area contributed by atoms with Crippen LogP contribution >= 0.6 is 7.82 Å². The molecule has 7 heteroatoms. The molecule has 1 aliphatic heterocycles.